The van der Waals surface area contributed by atoms with E-state index in [4.69, 9.17) is 10.1 Å². The fourth-order valence-electron chi connectivity index (χ4n) is 3.31. The lowest BCUT2D eigenvalue weighted by Gasteiger charge is -2.31. The zero-order valence-corrected chi connectivity index (χ0v) is 15.7. The Labute approximate surface area is 148 Å². The van der Waals surface area contributed by atoms with Gasteiger partial charge in [-0.05, 0) is 32.0 Å². The van der Waals surface area contributed by atoms with Crippen molar-refractivity contribution in [2.75, 3.05) is 19.7 Å². The minimum Gasteiger partial charge on any atom is -0.394 e. The topological polar surface area (TPSA) is 54.2 Å². The minimum atomic E-state index is 0.140. The first-order chi connectivity index (χ1) is 11.5. The van der Waals surface area contributed by atoms with E-state index in [0.717, 1.165) is 32.5 Å². The number of piperidine rings is 1. The van der Waals surface area contributed by atoms with Gasteiger partial charge < -0.3 is 5.11 Å². The van der Waals surface area contributed by atoms with Gasteiger partial charge in [-0.1, -0.05) is 20.8 Å². The van der Waals surface area contributed by atoms with Crippen molar-refractivity contribution in [2.45, 2.75) is 58.0 Å². The molecule has 2 aromatic rings. The van der Waals surface area contributed by atoms with E-state index in [-0.39, 0.29) is 12.0 Å². The number of aliphatic hydroxyl groups excluding tert-OH is 1. The largest absolute Gasteiger partial charge is 0.394 e. The van der Waals surface area contributed by atoms with Gasteiger partial charge in [0.2, 0.25) is 0 Å². The molecule has 1 N–H and O–H groups in total. The molecule has 24 heavy (non-hydrogen) atoms. The van der Waals surface area contributed by atoms with Crippen LogP contribution in [0.25, 0.3) is 0 Å². The summed E-state index contributed by atoms with van der Waals surface area (Å²) >= 11 is 1.78. The molecule has 3 heterocycles. The average Bonchev–Trinajstić information content (AvgIpc) is 3.18. The summed E-state index contributed by atoms with van der Waals surface area (Å²) in [6.07, 6.45) is 4.14. The van der Waals surface area contributed by atoms with E-state index in [0.29, 0.717) is 12.5 Å². The first-order valence-electron chi connectivity index (χ1n) is 8.77. The van der Waals surface area contributed by atoms with Gasteiger partial charge in [0.05, 0.1) is 23.9 Å². The number of rotatable bonds is 5. The number of nitrogens with zero attached hydrogens (tertiary/aromatic N) is 4. The van der Waals surface area contributed by atoms with Gasteiger partial charge >= 0.3 is 0 Å². The minimum absolute atomic E-state index is 0.140. The Morgan fingerprint density at radius 3 is 2.67 bits per heavy atom. The summed E-state index contributed by atoms with van der Waals surface area (Å²) in [4.78, 5) is 7.32. The molecule has 1 fully saturated rings. The van der Waals surface area contributed by atoms with Crippen molar-refractivity contribution in [3.63, 3.8) is 0 Å². The van der Waals surface area contributed by atoms with Crippen LogP contribution in [0.1, 0.15) is 55.9 Å². The Morgan fingerprint density at radius 2 is 2.04 bits per heavy atom. The van der Waals surface area contributed by atoms with Gasteiger partial charge in [-0.25, -0.2) is 4.98 Å². The third-order valence-corrected chi connectivity index (χ3v) is 5.96. The summed E-state index contributed by atoms with van der Waals surface area (Å²) in [6.45, 7) is 10.5. The van der Waals surface area contributed by atoms with Crippen molar-refractivity contribution in [1.29, 1.82) is 0 Å². The van der Waals surface area contributed by atoms with Crippen molar-refractivity contribution in [3.8, 4) is 0 Å². The van der Waals surface area contributed by atoms with Crippen LogP contribution in [0.4, 0.5) is 0 Å². The fourth-order valence-corrected chi connectivity index (χ4v) is 4.21. The van der Waals surface area contributed by atoms with Gasteiger partial charge in [-0.3, -0.25) is 9.58 Å². The van der Waals surface area contributed by atoms with Crippen LogP contribution in [0.5, 0.6) is 0 Å². The maximum Gasteiger partial charge on any atom is 0.0982 e. The highest BCUT2D eigenvalue weighted by Crippen LogP contribution is 2.30. The molecule has 0 radical (unpaired) electrons. The lowest BCUT2D eigenvalue weighted by molar-refractivity contribution is 0.197. The Balaban J connectivity index is 1.55. The van der Waals surface area contributed by atoms with Crippen molar-refractivity contribution in [1.82, 2.24) is 19.7 Å². The van der Waals surface area contributed by atoms with E-state index >= 15 is 0 Å². The van der Waals surface area contributed by atoms with Crippen LogP contribution in [0.15, 0.2) is 17.6 Å². The third-order valence-electron chi connectivity index (χ3n) is 4.65. The van der Waals surface area contributed by atoms with Crippen LogP contribution in [0, 0.1) is 0 Å². The predicted molar refractivity (Wildman–Crippen MR) is 97.4 cm³/mol. The Bertz CT molecular complexity index is 650. The molecule has 0 saturated carbocycles. The van der Waals surface area contributed by atoms with E-state index in [1.54, 1.807) is 11.3 Å². The maximum atomic E-state index is 9.15. The summed E-state index contributed by atoms with van der Waals surface area (Å²) in [5.74, 6) is 0.552. The Hall–Kier alpha value is -1.24. The monoisotopic (exact) mass is 348 g/mol. The molecule has 0 bridgehead atoms. The van der Waals surface area contributed by atoms with Crippen LogP contribution >= 0.6 is 11.3 Å². The first kappa shape index (κ1) is 17.6. The van der Waals surface area contributed by atoms with E-state index in [9.17, 15) is 0 Å². The molecule has 1 aliphatic heterocycles. The van der Waals surface area contributed by atoms with Gasteiger partial charge in [0.1, 0.15) is 0 Å². The quantitative estimate of drug-likeness (QED) is 0.902. The molecule has 3 rings (SSSR count). The molecule has 0 atom stereocenters. The fraction of sp³-hybridized carbons (Fsp3) is 0.667. The number of aromatic nitrogens is 3. The van der Waals surface area contributed by atoms with Crippen molar-refractivity contribution in [3.05, 3.63) is 34.0 Å². The van der Waals surface area contributed by atoms with Crippen molar-refractivity contribution < 1.29 is 5.11 Å². The average molecular weight is 349 g/mol. The zero-order chi connectivity index (χ0) is 17.2. The van der Waals surface area contributed by atoms with Gasteiger partial charge in [0.15, 0.2) is 0 Å². The van der Waals surface area contributed by atoms with E-state index in [2.05, 4.69) is 42.2 Å². The number of aliphatic hydroxyl groups is 1. The van der Waals surface area contributed by atoms with Crippen LogP contribution < -0.4 is 0 Å². The molecule has 0 aromatic carbocycles. The lowest BCUT2D eigenvalue weighted by Crippen LogP contribution is -2.33. The molecular weight excluding hydrogens is 320 g/mol. The standard InChI is InChI=1S/C18H28N4OS/c1-18(2,3)17-20-15(13-24-17)12-21-8-5-14(6-9-21)16-4-7-19-22(16)10-11-23/h4,7,13-14,23H,5-6,8-12H2,1-3H3. The van der Waals surface area contributed by atoms with Crippen LogP contribution in [-0.2, 0) is 18.5 Å². The molecule has 2 aromatic heterocycles. The molecule has 1 aliphatic rings. The summed E-state index contributed by atoms with van der Waals surface area (Å²) in [6, 6.07) is 2.10. The molecule has 0 unspecified atom stereocenters. The Morgan fingerprint density at radius 1 is 1.29 bits per heavy atom. The second kappa shape index (κ2) is 7.33. The molecule has 0 aliphatic carbocycles. The molecule has 0 amide bonds. The highest BCUT2D eigenvalue weighted by Gasteiger charge is 2.24. The van der Waals surface area contributed by atoms with Gasteiger partial charge in [-0.2, -0.15) is 5.10 Å². The van der Waals surface area contributed by atoms with E-state index in [1.807, 2.05) is 10.9 Å². The van der Waals surface area contributed by atoms with E-state index in [1.165, 1.54) is 16.4 Å². The predicted octanol–water partition coefficient (Wildman–Crippen LogP) is 3.01. The lowest BCUT2D eigenvalue weighted by atomic mass is 9.93. The van der Waals surface area contributed by atoms with Gasteiger partial charge in [-0.15, -0.1) is 11.3 Å². The van der Waals surface area contributed by atoms with Crippen LogP contribution in [-0.4, -0.2) is 44.5 Å². The summed E-state index contributed by atoms with van der Waals surface area (Å²) in [5, 5.41) is 16.9. The third kappa shape index (κ3) is 4.05. The molecule has 132 valence electrons. The summed E-state index contributed by atoms with van der Waals surface area (Å²) in [5.41, 5.74) is 2.61. The van der Waals surface area contributed by atoms with Crippen molar-refractivity contribution in [2.24, 2.45) is 0 Å². The van der Waals surface area contributed by atoms with Crippen LogP contribution in [0.3, 0.4) is 0 Å². The molecule has 1 saturated heterocycles. The second-order valence-electron chi connectivity index (χ2n) is 7.65. The Kier molecular flexibility index (Phi) is 5.37. The first-order valence-corrected chi connectivity index (χ1v) is 9.65. The molecule has 6 heteroatoms. The highest BCUT2D eigenvalue weighted by atomic mass is 32.1. The zero-order valence-electron chi connectivity index (χ0n) is 14.9. The number of hydrogen-bond donors (Lipinski definition) is 1. The number of thiazole rings is 1. The normalized spacial score (nSPS) is 17.5. The van der Waals surface area contributed by atoms with Crippen LogP contribution in [0.2, 0.25) is 0 Å². The smallest absolute Gasteiger partial charge is 0.0982 e. The van der Waals surface area contributed by atoms with E-state index < -0.39 is 0 Å². The SMILES string of the molecule is CC(C)(C)c1nc(CN2CCC(c3ccnn3CCO)CC2)cs1. The highest BCUT2D eigenvalue weighted by molar-refractivity contribution is 7.09. The summed E-state index contributed by atoms with van der Waals surface area (Å²) < 4.78 is 1.95. The van der Waals surface area contributed by atoms with Gasteiger partial charge in [0.25, 0.3) is 0 Å². The summed E-state index contributed by atoms with van der Waals surface area (Å²) in [7, 11) is 0. The maximum absolute atomic E-state index is 9.15. The van der Waals surface area contributed by atoms with Crippen molar-refractivity contribution >= 4 is 11.3 Å². The second-order valence-corrected chi connectivity index (χ2v) is 8.51. The molecule has 0 spiro atoms. The number of hydrogen-bond acceptors (Lipinski definition) is 5. The molecule has 5 nitrogen and oxygen atoms in total. The number of likely N-dealkylation sites (tertiary alicyclic amines) is 1. The molecular formula is C18H28N4OS. The van der Waals surface area contributed by atoms with Gasteiger partial charge in [0, 0.05) is 35.1 Å².